The molecule has 1 aromatic heterocycles. The van der Waals surface area contributed by atoms with Gasteiger partial charge < -0.3 is 9.47 Å². The van der Waals surface area contributed by atoms with Crippen LogP contribution in [-0.2, 0) is 11.0 Å². The van der Waals surface area contributed by atoms with Gasteiger partial charge in [-0.1, -0.05) is 18.2 Å². The molecule has 1 amide bonds. The molecule has 4 nitrogen and oxygen atoms in total. The van der Waals surface area contributed by atoms with Gasteiger partial charge in [0, 0.05) is 31.5 Å². The lowest BCUT2D eigenvalue weighted by Gasteiger charge is -2.17. The van der Waals surface area contributed by atoms with Crippen molar-refractivity contribution in [3.05, 3.63) is 42.2 Å². The number of aromatic nitrogens is 2. The molecular weight excluding hydrogens is 295 g/mol. The van der Waals surface area contributed by atoms with Crippen LogP contribution in [0.3, 0.4) is 0 Å². The van der Waals surface area contributed by atoms with Crippen molar-refractivity contribution in [3.8, 4) is 11.4 Å². The minimum atomic E-state index is -4.47. The monoisotopic (exact) mass is 309 g/mol. The second-order valence-corrected chi connectivity index (χ2v) is 5.27. The van der Waals surface area contributed by atoms with Crippen LogP contribution in [0.25, 0.3) is 11.4 Å². The summed E-state index contributed by atoms with van der Waals surface area (Å²) in [5, 5.41) is 0. The van der Waals surface area contributed by atoms with Gasteiger partial charge in [-0.05, 0) is 12.5 Å². The predicted molar refractivity (Wildman–Crippen MR) is 74.0 cm³/mol. The Bertz CT molecular complexity index is 708. The van der Waals surface area contributed by atoms with E-state index >= 15 is 0 Å². The van der Waals surface area contributed by atoms with Gasteiger partial charge in [0.15, 0.2) is 0 Å². The number of amides is 1. The summed E-state index contributed by atoms with van der Waals surface area (Å²) >= 11 is 0. The molecule has 0 bridgehead atoms. The topological polar surface area (TPSA) is 38.1 Å². The van der Waals surface area contributed by atoms with Crippen LogP contribution in [0, 0.1) is 0 Å². The fourth-order valence-electron chi connectivity index (χ4n) is 2.76. The third-order valence-electron chi connectivity index (χ3n) is 3.88. The van der Waals surface area contributed by atoms with Gasteiger partial charge >= 0.3 is 6.18 Å². The summed E-state index contributed by atoms with van der Waals surface area (Å²) in [5.74, 6) is 0.0605. The summed E-state index contributed by atoms with van der Waals surface area (Å²) < 4.78 is 41.1. The molecule has 2 aromatic rings. The van der Waals surface area contributed by atoms with Crippen molar-refractivity contribution in [1.29, 1.82) is 0 Å². The molecule has 1 atom stereocenters. The number of halogens is 3. The molecule has 1 aliphatic heterocycles. The van der Waals surface area contributed by atoms with Crippen LogP contribution in [0.2, 0.25) is 0 Å². The number of benzene rings is 1. The molecule has 2 heterocycles. The summed E-state index contributed by atoms with van der Waals surface area (Å²) in [4.78, 5) is 17.8. The molecule has 7 heteroatoms. The number of hydrogen-bond acceptors (Lipinski definition) is 2. The van der Waals surface area contributed by atoms with Gasteiger partial charge in [0.05, 0.1) is 5.56 Å². The van der Waals surface area contributed by atoms with Crippen LogP contribution >= 0.6 is 0 Å². The summed E-state index contributed by atoms with van der Waals surface area (Å²) in [6.45, 7) is 0.585. The van der Waals surface area contributed by atoms with Crippen molar-refractivity contribution in [2.24, 2.45) is 0 Å². The molecule has 0 aliphatic carbocycles. The van der Waals surface area contributed by atoms with E-state index in [9.17, 15) is 18.0 Å². The zero-order valence-corrected chi connectivity index (χ0v) is 11.8. The van der Waals surface area contributed by atoms with E-state index in [1.54, 1.807) is 18.1 Å². The number of likely N-dealkylation sites (tertiary alicyclic amines) is 1. The van der Waals surface area contributed by atoms with Crippen molar-refractivity contribution < 1.29 is 18.0 Å². The van der Waals surface area contributed by atoms with Crippen LogP contribution in [0.4, 0.5) is 13.2 Å². The largest absolute Gasteiger partial charge is 0.417 e. The van der Waals surface area contributed by atoms with E-state index in [1.807, 2.05) is 0 Å². The zero-order chi connectivity index (χ0) is 15.9. The Morgan fingerprint density at radius 1 is 1.27 bits per heavy atom. The standard InChI is InChI=1S/C15H14F3N3O/c1-20-8-6-12(14(20)22)21-9-7-19-13(21)10-4-2-3-5-11(10)15(16,17)18/h2-5,7,9,12H,6,8H2,1H3. The molecule has 3 rings (SSSR count). The summed E-state index contributed by atoms with van der Waals surface area (Å²) in [6.07, 6.45) is -0.922. The highest BCUT2D eigenvalue weighted by Gasteiger charge is 2.36. The molecule has 1 unspecified atom stereocenters. The minimum absolute atomic E-state index is 0.0117. The van der Waals surface area contributed by atoms with E-state index < -0.39 is 17.8 Å². The maximum absolute atomic E-state index is 13.2. The first-order chi connectivity index (χ1) is 10.4. The minimum Gasteiger partial charge on any atom is -0.344 e. The Hall–Kier alpha value is -2.31. The Morgan fingerprint density at radius 2 is 2.00 bits per heavy atom. The summed E-state index contributed by atoms with van der Waals surface area (Å²) in [7, 11) is 1.68. The van der Waals surface area contributed by atoms with E-state index in [0.717, 1.165) is 6.07 Å². The lowest BCUT2D eigenvalue weighted by Crippen LogP contribution is -2.24. The van der Waals surface area contributed by atoms with Gasteiger partial charge in [0.25, 0.3) is 0 Å². The first-order valence-corrected chi connectivity index (χ1v) is 6.84. The Balaban J connectivity index is 2.09. The molecule has 1 aromatic carbocycles. The molecule has 1 fully saturated rings. The van der Waals surface area contributed by atoms with Gasteiger partial charge in [0.2, 0.25) is 5.91 Å². The number of likely N-dealkylation sites (N-methyl/N-ethyl adjacent to an activating group) is 1. The van der Waals surface area contributed by atoms with Crippen LogP contribution < -0.4 is 0 Å². The van der Waals surface area contributed by atoms with Crippen LogP contribution in [0.5, 0.6) is 0 Å². The number of rotatable bonds is 2. The molecule has 0 saturated carbocycles. The molecule has 1 aliphatic rings. The Morgan fingerprint density at radius 3 is 2.64 bits per heavy atom. The lowest BCUT2D eigenvalue weighted by molar-refractivity contribution is -0.137. The van der Waals surface area contributed by atoms with Crippen molar-refractivity contribution in [1.82, 2.24) is 14.5 Å². The molecular formula is C15H14F3N3O. The second kappa shape index (κ2) is 5.15. The van der Waals surface area contributed by atoms with E-state index in [1.165, 1.54) is 29.0 Å². The molecule has 1 saturated heterocycles. The normalized spacial score (nSPS) is 19.0. The Labute approximate surface area is 125 Å². The number of hydrogen-bond donors (Lipinski definition) is 0. The fourth-order valence-corrected chi connectivity index (χ4v) is 2.76. The van der Waals surface area contributed by atoms with E-state index in [2.05, 4.69) is 4.98 Å². The highest BCUT2D eigenvalue weighted by molar-refractivity contribution is 5.83. The van der Waals surface area contributed by atoms with Crippen LogP contribution in [-0.4, -0.2) is 34.0 Å². The van der Waals surface area contributed by atoms with E-state index in [-0.39, 0.29) is 17.3 Å². The average molecular weight is 309 g/mol. The first-order valence-electron chi connectivity index (χ1n) is 6.84. The van der Waals surface area contributed by atoms with Crippen molar-refractivity contribution in [2.75, 3.05) is 13.6 Å². The number of carbonyl (C=O) groups is 1. The highest BCUT2D eigenvalue weighted by atomic mass is 19.4. The summed E-state index contributed by atoms with van der Waals surface area (Å²) in [5.41, 5.74) is -0.761. The third kappa shape index (κ3) is 2.36. The number of nitrogens with zero attached hydrogens (tertiary/aromatic N) is 3. The third-order valence-corrected chi connectivity index (χ3v) is 3.88. The zero-order valence-electron chi connectivity index (χ0n) is 11.8. The highest BCUT2D eigenvalue weighted by Crippen LogP contribution is 2.37. The van der Waals surface area contributed by atoms with Gasteiger partial charge in [-0.15, -0.1) is 0 Å². The Kier molecular flexibility index (Phi) is 3.42. The van der Waals surface area contributed by atoms with Crippen LogP contribution in [0.1, 0.15) is 18.0 Å². The molecule has 22 heavy (non-hydrogen) atoms. The van der Waals surface area contributed by atoms with Gasteiger partial charge in [0.1, 0.15) is 11.9 Å². The van der Waals surface area contributed by atoms with Crippen molar-refractivity contribution in [3.63, 3.8) is 0 Å². The van der Waals surface area contributed by atoms with Crippen molar-refractivity contribution in [2.45, 2.75) is 18.6 Å². The maximum Gasteiger partial charge on any atom is 0.417 e. The average Bonchev–Trinajstić information content (AvgIpc) is 3.06. The number of imidazole rings is 1. The van der Waals surface area contributed by atoms with Gasteiger partial charge in [-0.3, -0.25) is 4.79 Å². The second-order valence-electron chi connectivity index (χ2n) is 5.27. The fraction of sp³-hybridized carbons (Fsp3) is 0.333. The molecule has 0 N–H and O–H groups in total. The van der Waals surface area contributed by atoms with Crippen LogP contribution in [0.15, 0.2) is 36.7 Å². The van der Waals surface area contributed by atoms with E-state index in [4.69, 9.17) is 0 Å². The lowest BCUT2D eigenvalue weighted by atomic mass is 10.1. The number of carbonyl (C=O) groups excluding carboxylic acids is 1. The SMILES string of the molecule is CN1CCC(n2ccnc2-c2ccccc2C(F)(F)F)C1=O. The van der Waals surface area contributed by atoms with E-state index in [0.29, 0.717) is 13.0 Å². The maximum atomic E-state index is 13.2. The summed E-state index contributed by atoms with van der Waals surface area (Å²) in [6, 6.07) is 4.78. The smallest absolute Gasteiger partial charge is 0.344 e. The predicted octanol–water partition coefficient (Wildman–Crippen LogP) is 2.97. The van der Waals surface area contributed by atoms with Gasteiger partial charge in [-0.2, -0.15) is 13.2 Å². The molecule has 0 spiro atoms. The number of alkyl halides is 3. The molecule has 116 valence electrons. The first kappa shape index (κ1) is 14.6. The quantitative estimate of drug-likeness (QED) is 0.855. The van der Waals surface area contributed by atoms with Crippen molar-refractivity contribution >= 4 is 5.91 Å². The molecule has 0 radical (unpaired) electrons. The van der Waals surface area contributed by atoms with Gasteiger partial charge in [-0.25, -0.2) is 4.98 Å².